The van der Waals surface area contributed by atoms with Crippen molar-refractivity contribution in [2.45, 2.75) is 10.9 Å². The lowest BCUT2D eigenvalue weighted by atomic mass is 10.2. The molecule has 4 aromatic rings. The molecular weight excluding hydrogens is 464 g/mol. The van der Waals surface area contributed by atoms with Gasteiger partial charge in [0.1, 0.15) is 0 Å². The predicted octanol–water partition coefficient (Wildman–Crippen LogP) is 5.08. The lowest BCUT2D eigenvalue weighted by molar-refractivity contribution is 0.174. The highest BCUT2D eigenvalue weighted by atomic mass is 35.5. The van der Waals surface area contributed by atoms with E-state index in [-0.39, 0.29) is 12.4 Å². The highest BCUT2D eigenvalue weighted by molar-refractivity contribution is 7.98. The molecule has 0 spiro atoms. The van der Waals surface area contributed by atoms with Gasteiger partial charge in [0, 0.05) is 11.8 Å². The van der Waals surface area contributed by atoms with Crippen molar-refractivity contribution >= 4 is 34.3 Å². The van der Waals surface area contributed by atoms with E-state index in [4.69, 9.17) is 35.5 Å². The number of aromatic nitrogens is 2. The van der Waals surface area contributed by atoms with Crippen LogP contribution >= 0.6 is 23.4 Å². The Kier molecular flexibility index (Phi) is 5.78. The topological polar surface area (TPSA) is 71.8 Å². The average Bonchev–Trinajstić information content (AvgIpc) is 3.32. The van der Waals surface area contributed by atoms with Crippen molar-refractivity contribution in [3.05, 3.63) is 75.5 Å². The Balaban J connectivity index is 1.60. The first-order valence-corrected chi connectivity index (χ1v) is 11.4. The lowest BCUT2D eigenvalue weighted by Gasteiger charge is -2.15. The number of fused-ring (bicyclic) bond motifs is 2. The normalized spacial score (nSPS) is 12.2. The van der Waals surface area contributed by atoms with Gasteiger partial charge in [0.15, 0.2) is 28.2 Å². The van der Waals surface area contributed by atoms with Crippen LogP contribution in [0.5, 0.6) is 23.0 Å². The molecule has 7 nitrogen and oxygen atoms in total. The smallest absolute Gasteiger partial charge is 0.266 e. The zero-order valence-electron chi connectivity index (χ0n) is 17.8. The van der Waals surface area contributed by atoms with E-state index in [0.717, 1.165) is 5.56 Å². The van der Waals surface area contributed by atoms with Crippen molar-refractivity contribution in [3.63, 3.8) is 0 Å². The third kappa shape index (κ3) is 3.96. The Morgan fingerprint density at radius 2 is 1.88 bits per heavy atom. The minimum absolute atomic E-state index is 0.150. The van der Waals surface area contributed by atoms with Crippen LogP contribution in [0.1, 0.15) is 5.56 Å². The van der Waals surface area contributed by atoms with Gasteiger partial charge in [-0.1, -0.05) is 35.5 Å². The van der Waals surface area contributed by atoms with Gasteiger partial charge in [0.2, 0.25) is 6.79 Å². The number of thioether (sulfide) groups is 1. The molecule has 1 aliphatic heterocycles. The summed E-state index contributed by atoms with van der Waals surface area (Å²) in [6.07, 6.45) is 0. The number of hydrogen-bond donors (Lipinski definition) is 0. The highest BCUT2D eigenvalue weighted by Gasteiger charge is 2.20. The van der Waals surface area contributed by atoms with Gasteiger partial charge in [-0.2, -0.15) is 0 Å². The molecule has 0 bridgehead atoms. The second kappa shape index (κ2) is 8.88. The zero-order valence-corrected chi connectivity index (χ0v) is 19.4. The summed E-state index contributed by atoms with van der Waals surface area (Å²) in [7, 11) is 3.13. The third-order valence-corrected chi connectivity index (χ3v) is 6.52. The summed E-state index contributed by atoms with van der Waals surface area (Å²) in [5.41, 5.74) is 2.02. The van der Waals surface area contributed by atoms with Gasteiger partial charge in [-0.25, -0.2) is 4.98 Å². The number of para-hydroxylation sites is 1. The minimum Gasteiger partial charge on any atom is -0.493 e. The summed E-state index contributed by atoms with van der Waals surface area (Å²) in [6.45, 7) is 0.150. The molecule has 0 unspecified atom stereocenters. The van der Waals surface area contributed by atoms with Crippen molar-refractivity contribution < 1.29 is 18.9 Å². The molecule has 0 atom stereocenters. The van der Waals surface area contributed by atoms with Crippen LogP contribution in [0.4, 0.5) is 0 Å². The van der Waals surface area contributed by atoms with Crippen LogP contribution in [-0.4, -0.2) is 30.6 Å². The van der Waals surface area contributed by atoms with Crippen LogP contribution in [-0.2, 0) is 5.75 Å². The first-order valence-electron chi connectivity index (χ1n) is 10.0. The summed E-state index contributed by atoms with van der Waals surface area (Å²) < 4.78 is 23.2. The van der Waals surface area contributed by atoms with Gasteiger partial charge >= 0.3 is 0 Å². The summed E-state index contributed by atoms with van der Waals surface area (Å²) >= 11 is 7.76. The van der Waals surface area contributed by atoms with Crippen LogP contribution in [0.2, 0.25) is 5.02 Å². The quantitative estimate of drug-likeness (QED) is 0.280. The second-order valence-electron chi connectivity index (χ2n) is 7.19. The maximum atomic E-state index is 13.5. The fourth-order valence-electron chi connectivity index (χ4n) is 3.65. The molecule has 0 aliphatic carbocycles. The van der Waals surface area contributed by atoms with Gasteiger partial charge in [0.25, 0.3) is 5.56 Å². The SMILES string of the molecule is COc1ccc(-n2c(SCc3cc(Cl)c4c(c3)OCO4)nc3ccccc3c2=O)cc1OC. The Morgan fingerprint density at radius 1 is 1.06 bits per heavy atom. The average molecular weight is 483 g/mol. The summed E-state index contributed by atoms with van der Waals surface area (Å²) in [4.78, 5) is 18.3. The largest absolute Gasteiger partial charge is 0.493 e. The number of benzene rings is 3. The molecule has 168 valence electrons. The first-order chi connectivity index (χ1) is 16.1. The number of rotatable bonds is 6. The molecule has 0 N–H and O–H groups in total. The van der Waals surface area contributed by atoms with E-state index < -0.39 is 0 Å². The number of nitrogens with zero attached hydrogens (tertiary/aromatic N) is 2. The molecule has 5 rings (SSSR count). The summed E-state index contributed by atoms with van der Waals surface area (Å²) in [5.74, 6) is 2.79. The number of methoxy groups -OCH3 is 2. The van der Waals surface area contributed by atoms with Gasteiger partial charge in [-0.3, -0.25) is 9.36 Å². The van der Waals surface area contributed by atoms with E-state index in [0.29, 0.717) is 55.5 Å². The number of ether oxygens (including phenoxy) is 4. The van der Waals surface area contributed by atoms with E-state index in [1.807, 2.05) is 30.3 Å². The minimum atomic E-state index is -0.168. The van der Waals surface area contributed by atoms with Crippen molar-refractivity contribution in [3.8, 4) is 28.7 Å². The maximum absolute atomic E-state index is 13.5. The molecule has 33 heavy (non-hydrogen) atoms. The molecule has 0 amide bonds. The van der Waals surface area contributed by atoms with Crippen molar-refractivity contribution in [2.24, 2.45) is 0 Å². The predicted molar refractivity (Wildman–Crippen MR) is 128 cm³/mol. The molecule has 1 aromatic heterocycles. The zero-order chi connectivity index (χ0) is 22.9. The Hall–Kier alpha value is -3.36. The second-order valence-corrected chi connectivity index (χ2v) is 8.54. The van der Waals surface area contributed by atoms with E-state index in [1.54, 1.807) is 43.1 Å². The van der Waals surface area contributed by atoms with E-state index >= 15 is 0 Å². The third-order valence-electron chi connectivity index (χ3n) is 5.23. The number of halogens is 1. The van der Waals surface area contributed by atoms with E-state index in [9.17, 15) is 4.79 Å². The van der Waals surface area contributed by atoms with Crippen LogP contribution < -0.4 is 24.5 Å². The Morgan fingerprint density at radius 3 is 2.70 bits per heavy atom. The molecule has 0 saturated heterocycles. The Bertz CT molecular complexity index is 1420. The molecule has 0 saturated carbocycles. The van der Waals surface area contributed by atoms with Crippen LogP contribution in [0.15, 0.2) is 64.5 Å². The van der Waals surface area contributed by atoms with Gasteiger partial charge in [-0.05, 0) is 42.0 Å². The fourth-order valence-corrected chi connectivity index (χ4v) is 4.88. The Labute approximate surface area is 198 Å². The van der Waals surface area contributed by atoms with E-state index in [2.05, 4.69) is 0 Å². The number of hydrogen-bond acceptors (Lipinski definition) is 7. The molecule has 1 aliphatic rings. The fraction of sp³-hybridized carbons (Fsp3) is 0.167. The molecule has 0 radical (unpaired) electrons. The molecule has 2 heterocycles. The van der Waals surface area contributed by atoms with E-state index in [1.165, 1.54) is 11.8 Å². The van der Waals surface area contributed by atoms with Crippen LogP contribution in [0.3, 0.4) is 0 Å². The van der Waals surface area contributed by atoms with Crippen molar-refractivity contribution in [1.29, 1.82) is 0 Å². The highest BCUT2D eigenvalue weighted by Crippen LogP contribution is 2.41. The van der Waals surface area contributed by atoms with Crippen molar-refractivity contribution in [1.82, 2.24) is 9.55 Å². The molecule has 0 fully saturated rings. The standard InChI is InChI=1S/C24H19ClN2O5S/c1-29-19-8-7-15(11-20(19)30-2)27-23(28)16-5-3-4-6-18(16)26-24(27)33-12-14-9-17(25)22-21(10-14)31-13-32-22/h3-11H,12-13H2,1-2H3. The van der Waals surface area contributed by atoms with Gasteiger partial charge in [-0.15, -0.1) is 0 Å². The van der Waals surface area contributed by atoms with Crippen LogP contribution in [0, 0.1) is 0 Å². The van der Waals surface area contributed by atoms with Crippen molar-refractivity contribution in [2.75, 3.05) is 21.0 Å². The van der Waals surface area contributed by atoms with Gasteiger partial charge in [0.05, 0.1) is 35.8 Å². The molecule has 3 aromatic carbocycles. The monoisotopic (exact) mass is 482 g/mol. The molecular formula is C24H19ClN2O5S. The maximum Gasteiger partial charge on any atom is 0.266 e. The van der Waals surface area contributed by atoms with Crippen LogP contribution in [0.25, 0.3) is 16.6 Å². The summed E-state index contributed by atoms with van der Waals surface area (Å²) in [6, 6.07) is 16.3. The molecule has 9 heteroatoms. The lowest BCUT2D eigenvalue weighted by Crippen LogP contribution is -2.21. The van der Waals surface area contributed by atoms with Gasteiger partial charge < -0.3 is 18.9 Å². The summed E-state index contributed by atoms with van der Waals surface area (Å²) in [5, 5.41) is 1.56. The first kappa shape index (κ1) is 21.5.